The van der Waals surface area contributed by atoms with Gasteiger partial charge < -0.3 is 15.4 Å². The van der Waals surface area contributed by atoms with Crippen LogP contribution in [0.25, 0.3) is 0 Å². The maximum absolute atomic E-state index is 5.85. The standard InChI is InChI=1S/C14H28N2O/c1-10-11(2)17-12(3)14(10)9-15-7-4-8-16-13-5-6-13/h10-16H,4-9H2,1-3H3. The molecule has 4 atom stereocenters. The lowest BCUT2D eigenvalue weighted by Crippen LogP contribution is -2.32. The summed E-state index contributed by atoms with van der Waals surface area (Å²) in [6, 6.07) is 0.846. The van der Waals surface area contributed by atoms with Crippen LogP contribution < -0.4 is 10.6 Å². The molecule has 0 bridgehead atoms. The Hall–Kier alpha value is -0.120. The van der Waals surface area contributed by atoms with Crippen molar-refractivity contribution in [3.63, 3.8) is 0 Å². The number of nitrogens with one attached hydrogen (secondary N) is 2. The van der Waals surface area contributed by atoms with E-state index in [1.54, 1.807) is 0 Å². The number of hydrogen-bond acceptors (Lipinski definition) is 3. The van der Waals surface area contributed by atoms with E-state index in [4.69, 9.17) is 4.74 Å². The van der Waals surface area contributed by atoms with E-state index in [-0.39, 0.29) is 0 Å². The molecule has 1 heterocycles. The fourth-order valence-corrected chi connectivity index (χ4v) is 2.77. The van der Waals surface area contributed by atoms with Crippen molar-refractivity contribution >= 4 is 0 Å². The smallest absolute Gasteiger partial charge is 0.0594 e. The molecule has 2 fully saturated rings. The summed E-state index contributed by atoms with van der Waals surface area (Å²) in [5.41, 5.74) is 0. The predicted octanol–water partition coefficient (Wildman–Crippen LogP) is 1.78. The van der Waals surface area contributed by atoms with Crippen molar-refractivity contribution < 1.29 is 4.74 Å². The maximum atomic E-state index is 5.85. The monoisotopic (exact) mass is 240 g/mol. The molecule has 17 heavy (non-hydrogen) atoms. The Morgan fingerprint density at radius 1 is 1.06 bits per heavy atom. The molecular weight excluding hydrogens is 212 g/mol. The summed E-state index contributed by atoms with van der Waals surface area (Å²) >= 11 is 0. The van der Waals surface area contributed by atoms with Gasteiger partial charge in [-0.25, -0.2) is 0 Å². The Morgan fingerprint density at radius 3 is 2.41 bits per heavy atom. The summed E-state index contributed by atoms with van der Waals surface area (Å²) in [5.74, 6) is 1.36. The second-order valence-electron chi connectivity index (χ2n) is 5.86. The van der Waals surface area contributed by atoms with Crippen LogP contribution in [0.1, 0.15) is 40.0 Å². The molecule has 1 aliphatic heterocycles. The topological polar surface area (TPSA) is 33.3 Å². The minimum Gasteiger partial charge on any atom is -0.375 e. The minimum atomic E-state index is 0.414. The average Bonchev–Trinajstić information content (AvgIpc) is 3.07. The van der Waals surface area contributed by atoms with Crippen LogP contribution in [0.2, 0.25) is 0 Å². The molecule has 2 N–H and O–H groups in total. The van der Waals surface area contributed by atoms with E-state index in [9.17, 15) is 0 Å². The predicted molar refractivity (Wildman–Crippen MR) is 71.2 cm³/mol. The average molecular weight is 240 g/mol. The molecule has 0 amide bonds. The summed E-state index contributed by atoms with van der Waals surface area (Å²) in [6.45, 7) is 10.1. The van der Waals surface area contributed by atoms with Gasteiger partial charge in [0.25, 0.3) is 0 Å². The SMILES string of the molecule is CC1OC(C)C(CNCCCNC2CC2)C1C. The molecular formula is C14H28N2O. The first-order valence-corrected chi connectivity index (χ1v) is 7.28. The van der Waals surface area contributed by atoms with Crippen LogP contribution in [0.3, 0.4) is 0 Å². The molecule has 1 saturated heterocycles. The Labute approximate surface area is 106 Å². The van der Waals surface area contributed by atoms with E-state index < -0.39 is 0 Å². The Bertz CT molecular complexity index is 230. The zero-order valence-electron chi connectivity index (χ0n) is 11.5. The van der Waals surface area contributed by atoms with Crippen molar-refractivity contribution in [1.29, 1.82) is 0 Å². The van der Waals surface area contributed by atoms with Crippen molar-refractivity contribution in [3.8, 4) is 0 Å². The third-order valence-electron chi connectivity index (χ3n) is 4.37. The summed E-state index contributed by atoms with van der Waals surface area (Å²) in [6.07, 6.45) is 4.85. The summed E-state index contributed by atoms with van der Waals surface area (Å²) in [7, 11) is 0. The minimum absolute atomic E-state index is 0.414. The van der Waals surface area contributed by atoms with Crippen LogP contribution in [0.5, 0.6) is 0 Å². The highest BCUT2D eigenvalue weighted by atomic mass is 16.5. The molecule has 0 aromatic heterocycles. The largest absolute Gasteiger partial charge is 0.375 e. The zero-order valence-corrected chi connectivity index (χ0v) is 11.5. The highest BCUT2D eigenvalue weighted by Crippen LogP contribution is 2.31. The first-order valence-electron chi connectivity index (χ1n) is 7.28. The Morgan fingerprint density at radius 2 is 1.82 bits per heavy atom. The fourth-order valence-electron chi connectivity index (χ4n) is 2.77. The Balaban J connectivity index is 1.51. The van der Waals surface area contributed by atoms with Gasteiger partial charge in [-0.15, -0.1) is 0 Å². The van der Waals surface area contributed by atoms with Crippen LogP contribution in [-0.2, 0) is 4.74 Å². The number of ether oxygens (including phenoxy) is 1. The van der Waals surface area contributed by atoms with Crippen molar-refractivity contribution in [2.45, 2.75) is 58.3 Å². The van der Waals surface area contributed by atoms with E-state index in [1.807, 2.05) is 0 Å². The summed E-state index contributed by atoms with van der Waals surface area (Å²) in [5, 5.41) is 7.13. The zero-order chi connectivity index (χ0) is 12.3. The number of hydrogen-bond donors (Lipinski definition) is 2. The van der Waals surface area contributed by atoms with Crippen molar-refractivity contribution in [2.24, 2.45) is 11.8 Å². The summed E-state index contributed by atoms with van der Waals surface area (Å²) < 4.78 is 5.85. The molecule has 0 aromatic carbocycles. The first-order chi connectivity index (χ1) is 8.18. The molecule has 3 nitrogen and oxygen atoms in total. The second-order valence-corrected chi connectivity index (χ2v) is 5.86. The molecule has 3 heteroatoms. The van der Waals surface area contributed by atoms with E-state index in [1.165, 1.54) is 25.8 Å². The van der Waals surface area contributed by atoms with Gasteiger partial charge in [0.1, 0.15) is 0 Å². The quantitative estimate of drug-likeness (QED) is 0.666. The fraction of sp³-hybridized carbons (Fsp3) is 1.00. The van der Waals surface area contributed by atoms with Crippen LogP contribution in [0, 0.1) is 11.8 Å². The molecule has 0 radical (unpaired) electrons. The summed E-state index contributed by atoms with van der Waals surface area (Å²) in [4.78, 5) is 0. The van der Waals surface area contributed by atoms with Crippen LogP contribution in [0.4, 0.5) is 0 Å². The highest BCUT2D eigenvalue weighted by Gasteiger charge is 2.36. The molecule has 1 saturated carbocycles. The molecule has 2 aliphatic rings. The normalized spacial score (nSPS) is 37.6. The number of rotatable bonds is 7. The van der Waals surface area contributed by atoms with E-state index >= 15 is 0 Å². The van der Waals surface area contributed by atoms with Gasteiger partial charge in [0.2, 0.25) is 0 Å². The lowest BCUT2D eigenvalue weighted by molar-refractivity contribution is 0.0511. The van der Waals surface area contributed by atoms with E-state index in [2.05, 4.69) is 31.4 Å². The van der Waals surface area contributed by atoms with Gasteiger partial charge in [0, 0.05) is 18.5 Å². The third-order valence-corrected chi connectivity index (χ3v) is 4.37. The maximum Gasteiger partial charge on any atom is 0.0594 e. The third kappa shape index (κ3) is 3.94. The van der Waals surface area contributed by atoms with Crippen molar-refractivity contribution in [1.82, 2.24) is 10.6 Å². The van der Waals surface area contributed by atoms with Gasteiger partial charge in [-0.05, 0) is 52.1 Å². The van der Waals surface area contributed by atoms with E-state index in [0.29, 0.717) is 24.0 Å². The molecule has 2 rings (SSSR count). The van der Waals surface area contributed by atoms with Crippen LogP contribution in [0.15, 0.2) is 0 Å². The van der Waals surface area contributed by atoms with Gasteiger partial charge in [0.15, 0.2) is 0 Å². The second kappa shape index (κ2) is 6.17. The van der Waals surface area contributed by atoms with Crippen molar-refractivity contribution in [2.75, 3.05) is 19.6 Å². The van der Waals surface area contributed by atoms with Crippen LogP contribution >= 0.6 is 0 Å². The van der Waals surface area contributed by atoms with Gasteiger partial charge in [-0.3, -0.25) is 0 Å². The molecule has 4 unspecified atom stereocenters. The molecule has 100 valence electrons. The lowest BCUT2D eigenvalue weighted by Gasteiger charge is -2.19. The Kier molecular flexibility index (Phi) is 4.83. The van der Waals surface area contributed by atoms with E-state index in [0.717, 1.165) is 19.1 Å². The molecule has 1 aliphatic carbocycles. The van der Waals surface area contributed by atoms with Gasteiger partial charge in [-0.1, -0.05) is 6.92 Å². The molecule has 0 spiro atoms. The van der Waals surface area contributed by atoms with Gasteiger partial charge >= 0.3 is 0 Å². The van der Waals surface area contributed by atoms with Gasteiger partial charge in [0.05, 0.1) is 12.2 Å². The lowest BCUT2D eigenvalue weighted by atomic mass is 9.89. The van der Waals surface area contributed by atoms with Crippen LogP contribution in [-0.4, -0.2) is 37.9 Å². The van der Waals surface area contributed by atoms with Gasteiger partial charge in [-0.2, -0.15) is 0 Å². The molecule has 0 aromatic rings. The highest BCUT2D eigenvalue weighted by molar-refractivity contribution is 4.85. The first kappa shape index (κ1) is 13.3. The van der Waals surface area contributed by atoms with Crippen molar-refractivity contribution in [3.05, 3.63) is 0 Å².